The second-order valence-corrected chi connectivity index (χ2v) is 9.79. The molecule has 2 aromatic carbocycles. The predicted octanol–water partition coefficient (Wildman–Crippen LogP) is 5.78. The fraction of sp³-hybridized carbons (Fsp3) is 0.310. The molecule has 0 amide bonds. The summed E-state index contributed by atoms with van der Waals surface area (Å²) in [5.41, 5.74) is 8.25. The average molecular weight is 503 g/mol. The van der Waals surface area contributed by atoms with Crippen LogP contribution in [0.2, 0.25) is 5.15 Å². The fourth-order valence-electron chi connectivity index (χ4n) is 5.33. The molecule has 0 fully saturated rings. The molecule has 7 heteroatoms. The van der Waals surface area contributed by atoms with Crippen LogP contribution < -0.4 is 0 Å². The molecule has 0 radical (unpaired) electrons. The minimum Gasteiger partial charge on any atom is -0.466 e. The Morgan fingerprint density at radius 1 is 1.31 bits per heavy atom. The molecule has 1 aliphatic carbocycles. The van der Waals surface area contributed by atoms with Crippen LogP contribution in [0.1, 0.15) is 46.0 Å². The molecule has 6 nitrogen and oxygen atoms in total. The van der Waals surface area contributed by atoms with Gasteiger partial charge in [0.1, 0.15) is 5.15 Å². The van der Waals surface area contributed by atoms with E-state index in [-0.39, 0.29) is 5.97 Å². The summed E-state index contributed by atoms with van der Waals surface area (Å²) in [4.78, 5) is 17.5. The van der Waals surface area contributed by atoms with Crippen molar-refractivity contribution < 1.29 is 9.53 Å². The highest BCUT2D eigenvalue weighted by atomic mass is 35.5. The molecular formula is C29H31ClN4O2. The van der Waals surface area contributed by atoms with Gasteiger partial charge in [-0.1, -0.05) is 48.0 Å². The molecule has 0 saturated carbocycles. The molecule has 4 aromatic rings. The Labute approximate surface area is 216 Å². The van der Waals surface area contributed by atoms with E-state index in [4.69, 9.17) is 16.3 Å². The van der Waals surface area contributed by atoms with E-state index >= 15 is 0 Å². The molecule has 36 heavy (non-hydrogen) atoms. The van der Waals surface area contributed by atoms with Gasteiger partial charge in [0.2, 0.25) is 0 Å². The van der Waals surface area contributed by atoms with Crippen LogP contribution in [0, 0.1) is 6.92 Å². The van der Waals surface area contributed by atoms with Gasteiger partial charge < -0.3 is 9.72 Å². The summed E-state index contributed by atoms with van der Waals surface area (Å²) < 4.78 is 6.48. The Bertz CT molecular complexity index is 1430. The third-order valence-electron chi connectivity index (χ3n) is 7.24. The van der Waals surface area contributed by atoms with Gasteiger partial charge in [-0.05, 0) is 60.6 Å². The van der Waals surface area contributed by atoms with Gasteiger partial charge in [-0.2, -0.15) is 5.10 Å². The molecule has 0 saturated heterocycles. The molecule has 0 aliphatic heterocycles. The van der Waals surface area contributed by atoms with E-state index in [1.54, 1.807) is 4.68 Å². The SMILES string of the molecule is COC(=O)C=Cc1ccc2c(c1)CCC2N(CCc1c[nH]c2ccccc12)Cc1c(C)nn(C)c1Cl. The number of hydrogen-bond acceptors (Lipinski definition) is 4. The number of carbonyl (C=O) groups excluding carboxylic acids is 1. The zero-order valence-corrected chi connectivity index (χ0v) is 21.7. The average Bonchev–Trinajstić information content (AvgIpc) is 3.56. The highest BCUT2D eigenvalue weighted by Gasteiger charge is 2.29. The van der Waals surface area contributed by atoms with Gasteiger partial charge >= 0.3 is 5.97 Å². The van der Waals surface area contributed by atoms with Crippen LogP contribution in [0.4, 0.5) is 0 Å². The number of aromatic amines is 1. The molecule has 1 unspecified atom stereocenters. The summed E-state index contributed by atoms with van der Waals surface area (Å²) in [7, 11) is 3.28. The van der Waals surface area contributed by atoms with Crippen molar-refractivity contribution >= 4 is 34.5 Å². The van der Waals surface area contributed by atoms with Gasteiger partial charge in [0, 0.05) is 54.9 Å². The number of ether oxygens (including phenoxy) is 1. The van der Waals surface area contributed by atoms with Gasteiger partial charge in [0.25, 0.3) is 0 Å². The van der Waals surface area contributed by atoms with Crippen molar-refractivity contribution in [2.45, 2.75) is 38.8 Å². The number of nitrogens with zero attached hydrogens (tertiary/aromatic N) is 3. The van der Waals surface area contributed by atoms with E-state index in [1.807, 2.05) is 20.0 Å². The third-order valence-corrected chi connectivity index (χ3v) is 7.71. The number of benzene rings is 2. The van der Waals surface area contributed by atoms with Gasteiger partial charge in [0.15, 0.2) is 0 Å². The monoisotopic (exact) mass is 502 g/mol. The summed E-state index contributed by atoms with van der Waals surface area (Å²) >= 11 is 6.66. The standard InChI is InChI=1S/C29H31ClN4O2/c1-19-25(29(30)33(2)32-19)18-34(15-14-22-17-31-26-7-5-4-6-23(22)26)27-12-10-21-16-20(8-11-24(21)27)9-13-28(35)36-3/h4-9,11,13,16-17,27,31H,10,12,14-15,18H2,1-3H3. The van der Waals surface area contributed by atoms with Crippen LogP contribution in [0.5, 0.6) is 0 Å². The van der Waals surface area contributed by atoms with Crippen molar-refractivity contribution in [3.8, 4) is 0 Å². The normalized spacial score (nSPS) is 15.3. The minimum atomic E-state index is -0.347. The van der Waals surface area contributed by atoms with Gasteiger partial charge in [-0.15, -0.1) is 0 Å². The first-order valence-electron chi connectivity index (χ1n) is 12.3. The molecule has 2 aromatic heterocycles. The molecular weight excluding hydrogens is 472 g/mol. The van der Waals surface area contributed by atoms with Crippen molar-refractivity contribution in [2.75, 3.05) is 13.7 Å². The number of aromatic nitrogens is 3. The molecule has 5 rings (SSSR count). The number of aryl methyl sites for hydroxylation is 3. The number of methoxy groups -OCH3 is 1. The number of esters is 1. The maximum absolute atomic E-state index is 11.5. The minimum absolute atomic E-state index is 0.291. The van der Waals surface area contributed by atoms with Crippen molar-refractivity contribution in [3.05, 3.63) is 93.4 Å². The second-order valence-electron chi connectivity index (χ2n) is 9.43. The topological polar surface area (TPSA) is 63.1 Å². The molecule has 2 heterocycles. The summed E-state index contributed by atoms with van der Waals surface area (Å²) in [6.45, 7) is 3.68. The summed E-state index contributed by atoms with van der Waals surface area (Å²) in [6, 6.07) is 15.2. The van der Waals surface area contributed by atoms with Gasteiger partial charge in [-0.3, -0.25) is 9.58 Å². The lowest BCUT2D eigenvalue weighted by Gasteiger charge is -2.30. The zero-order chi connectivity index (χ0) is 25.2. The number of nitrogens with one attached hydrogen (secondary N) is 1. The highest BCUT2D eigenvalue weighted by Crippen LogP contribution is 2.38. The second kappa shape index (κ2) is 10.3. The van der Waals surface area contributed by atoms with Crippen LogP contribution in [0.3, 0.4) is 0 Å². The number of para-hydroxylation sites is 1. The lowest BCUT2D eigenvalue weighted by atomic mass is 10.0. The lowest BCUT2D eigenvalue weighted by Crippen LogP contribution is -2.29. The van der Waals surface area contributed by atoms with Crippen LogP contribution in [0.25, 0.3) is 17.0 Å². The fourth-order valence-corrected chi connectivity index (χ4v) is 5.57. The van der Waals surface area contributed by atoms with E-state index < -0.39 is 0 Å². The first-order valence-corrected chi connectivity index (χ1v) is 12.7. The molecule has 1 atom stereocenters. The molecule has 186 valence electrons. The Kier molecular flexibility index (Phi) is 6.99. The number of rotatable bonds is 8. The van der Waals surface area contributed by atoms with Crippen LogP contribution in [-0.2, 0) is 36.0 Å². The van der Waals surface area contributed by atoms with Crippen molar-refractivity contribution in [3.63, 3.8) is 0 Å². The maximum Gasteiger partial charge on any atom is 0.330 e. The number of hydrogen-bond donors (Lipinski definition) is 1. The van der Waals surface area contributed by atoms with Crippen LogP contribution >= 0.6 is 11.6 Å². The Balaban J connectivity index is 1.43. The number of halogens is 1. The summed E-state index contributed by atoms with van der Waals surface area (Å²) in [5, 5.41) is 6.53. The van der Waals surface area contributed by atoms with Gasteiger partial charge in [0.05, 0.1) is 12.8 Å². The van der Waals surface area contributed by atoms with Crippen molar-refractivity contribution in [2.24, 2.45) is 7.05 Å². The Morgan fingerprint density at radius 3 is 2.92 bits per heavy atom. The number of H-pyrrole nitrogens is 1. The molecule has 1 aliphatic rings. The van der Waals surface area contributed by atoms with E-state index in [9.17, 15) is 4.79 Å². The lowest BCUT2D eigenvalue weighted by molar-refractivity contribution is -0.134. The van der Waals surface area contributed by atoms with Crippen molar-refractivity contribution in [1.29, 1.82) is 0 Å². The predicted molar refractivity (Wildman–Crippen MR) is 144 cm³/mol. The zero-order valence-electron chi connectivity index (χ0n) is 20.9. The molecule has 0 bridgehead atoms. The summed E-state index contributed by atoms with van der Waals surface area (Å²) in [5.74, 6) is -0.347. The van der Waals surface area contributed by atoms with E-state index in [1.165, 1.54) is 40.8 Å². The van der Waals surface area contributed by atoms with Crippen LogP contribution in [0.15, 0.2) is 54.7 Å². The quantitative estimate of drug-likeness (QED) is 0.245. The van der Waals surface area contributed by atoms with Gasteiger partial charge in [-0.25, -0.2) is 4.79 Å². The molecule has 0 spiro atoms. The van der Waals surface area contributed by atoms with E-state index in [0.717, 1.165) is 49.2 Å². The summed E-state index contributed by atoms with van der Waals surface area (Å²) in [6.07, 6.45) is 8.40. The number of fused-ring (bicyclic) bond motifs is 2. The number of carbonyl (C=O) groups is 1. The van der Waals surface area contributed by atoms with Crippen LogP contribution in [-0.4, -0.2) is 39.3 Å². The largest absolute Gasteiger partial charge is 0.466 e. The van der Waals surface area contributed by atoms with E-state index in [2.05, 4.69) is 63.6 Å². The maximum atomic E-state index is 11.5. The highest BCUT2D eigenvalue weighted by molar-refractivity contribution is 6.30. The Morgan fingerprint density at radius 2 is 2.14 bits per heavy atom. The van der Waals surface area contributed by atoms with E-state index in [0.29, 0.717) is 11.2 Å². The third kappa shape index (κ3) is 4.84. The smallest absolute Gasteiger partial charge is 0.330 e. The first-order chi connectivity index (χ1) is 17.4. The Hall–Kier alpha value is -3.35. The first kappa shape index (κ1) is 24.3. The molecule has 1 N–H and O–H groups in total. The van der Waals surface area contributed by atoms with Crippen molar-refractivity contribution in [1.82, 2.24) is 19.7 Å².